The molecule has 2 aromatic carbocycles. The minimum Gasteiger partial charge on any atom is -0.450 e. The highest BCUT2D eigenvalue weighted by Gasteiger charge is 2.65. The molecule has 0 fully saturated rings. The SMILES string of the molecule is Cc1ccnc(N2C(=O)c3oc4ccccc4c(=O)c3C23C(=O)N(C)c2ccccc23)c1. The number of aromatic nitrogens is 1. The molecule has 7 heteroatoms. The number of hydrogen-bond donors (Lipinski definition) is 0. The number of aryl methyl sites for hydroxylation is 1. The van der Waals surface area contributed by atoms with Crippen molar-refractivity contribution in [1.29, 1.82) is 0 Å². The zero-order valence-electron chi connectivity index (χ0n) is 17.3. The lowest BCUT2D eigenvalue weighted by atomic mass is 9.84. The number of carbonyl (C=O) groups excluding carboxylic acids is 2. The highest BCUT2D eigenvalue weighted by Crippen LogP contribution is 2.53. The molecule has 0 saturated heterocycles. The summed E-state index contributed by atoms with van der Waals surface area (Å²) >= 11 is 0. The van der Waals surface area contributed by atoms with Gasteiger partial charge in [-0.3, -0.25) is 19.3 Å². The summed E-state index contributed by atoms with van der Waals surface area (Å²) < 4.78 is 5.97. The first-order chi connectivity index (χ1) is 15.5. The van der Waals surface area contributed by atoms with Crippen LogP contribution in [0.1, 0.15) is 27.2 Å². The summed E-state index contributed by atoms with van der Waals surface area (Å²) in [6.45, 7) is 1.87. The van der Waals surface area contributed by atoms with Crippen molar-refractivity contribution in [3.63, 3.8) is 0 Å². The van der Waals surface area contributed by atoms with Crippen LogP contribution in [-0.2, 0) is 10.3 Å². The van der Waals surface area contributed by atoms with Crippen LogP contribution in [0.4, 0.5) is 11.5 Å². The second kappa shape index (κ2) is 6.13. The molecule has 0 saturated carbocycles. The van der Waals surface area contributed by atoms with Crippen LogP contribution in [0.2, 0.25) is 0 Å². The molecule has 4 aromatic rings. The van der Waals surface area contributed by atoms with Gasteiger partial charge in [-0.05, 0) is 42.8 Å². The van der Waals surface area contributed by atoms with Crippen molar-refractivity contribution in [1.82, 2.24) is 4.98 Å². The van der Waals surface area contributed by atoms with E-state index in [0.717, 1.165) is 5.56 Å². The van der Waals surface area contributed by atoms with Crippen LogP contribution >= 0.6 is 0 Å². The van der Waals surface area contributed by atoms with Gasteiger partial charge in [0.2, 0.25) is 5.76 Å². The van der Waals surface area contributed by atoms with Crippen LogP contribution in [0.25, 0.3) is 11.0 Å². The van der Waals surface area contributed by atoms with Crippen LogP contribution in [-0.4, -0.2) is 23.8 Å². The van der Waals surface area contributed by atoms with E-state index in [9.17, 15) is 14.4 Å². The molecule has 0 N–H and O–H groups in total. The Hall–Kier alpha value is -4.26. The van der Waals surface area contributed by atoms with Gasteiger partial charge in [-0.2, -0.15) is 0 Å². The van der Waals surface area contributed by atoms with Crippen molar-refractivity contribution in [2.75, 3.05) is 16.8 Å². The third-order valence-corrected chi connectivity index (χ3v) is 6.29. The van der Waals surface area contributed by atoms with Crippen molar-refractivity contribution in [2.24, 2.45) is 0 Å². The summed E-state index contributed by atoms with van der Waals surface area (Å²) in [5.74, 6) is -0.824. The molecule has 7 nitrogen and oxygen atoms in total. The molecule has 1 unspecified atom stereocenters. The Morgan fingerprint density at radius 2 is 1.72 bits per heavy atom. The third-order valence-electron chi connectivity index (χ3n) is 6.29. The maximum atomic E-state index is 14.0. The second-order valence-electron chi connectivity index (χ2n) is 8.06. The van der Waals surface area contributed by atoms with Crippen molar-refractivity contribution in [3.8, 4) is 0 Å². The topological polar surface area (TPSA) is 83.7 Å². The summed E-state index contributed by atoms with van der Waals surface area (Å²) in [5.41, 5.74) is 0.281. The number of likely N-dealkylation sites (N-methyl/N-ethyl adjacent to an activating group) is 1. The van der Waals surface area contributed by atoms with E-state index in [1.54, 1.807) is 67.8 Å². The second-order valence-corrected chi connectivity index (χ2v) is 8.06. The average molecular weight is 423 g/mol. The standard InChI is InChI=1S/C25H17N3O4/c1-14-11-12-26-19(13-14)28-23(30)22-20(21(29)15-7-3-6-10-18(15)32-22)25(28)16-8-4-5-9-17(16)27(2)24(25)31/h3-13H,1-2H3. The lowest BCUT2D eigenvalue weighted by Gasteiger charge is -2.33. The number of pyridine rings is 1. The van der Waals surface area contributed by atoms with Gasteiger partial charge in [-0.15, -0.1) is 0 Å². The fourth-order valence-electron chi connectivity index (χ4n) is 4.90. The summed E-state index contributed by atoms with van der Waals surface area (Å²) in [5, 5.41) is 0.317. The lowest BCUT2D eigenvalue weighted by molar-refractivity contribution is -0.121. The Balaban J connectivity index is 1.81. The number of benzene rings is 2. The Bertz CT molecular complexity index is 1540. The molecule has 6 rings (SSSR count). The monoisotopic (exact) mass is 423 g/mol. The summed E-state index contributed by atoms with van der Waals surface area (Å²) in [4.78, 5) is 48.8. The van der Waals surface area contributed by atoms with Crippen LogP contribution in [0.3, 0.4) is 0 Å². The molecule has 2 aliphatic rings. The van der Waals surface area contributed by atoms with E-state index < -0.39 is 22.8 Å². The molecule has 2 amide bonds. The molecule has 0 bridgehead atoms. The molecule has 2 aliphatic heterocycles. The fraction of sp³-hybridized carbons (Fsp3) is 0.120. The van der Waals surface area contributed by atoms with Gasteiger partial charge in [0.25, 0.3) is 11.8 Å². The molecular weight excluding hydrogens is 406 g/mol. The van der Waals surface area contributed by atoms with Crippen LogP contribution in [0.5, 0.6) is 0 Å². The minimum absolute atomic E-state index is 0.0336. The number of para-hydroxylation sites is 2. The third kappa shape index (κ3) is 2.05. The first kappa shape index (κ1) is 18.5. The molecule has 2 aromatic heterocycles. The van der Waals surface area contributed by atoms with Crippen LogP contribution in [0, 0.1) is 6.92 Å². The lowest BCUT2D eigenvalue weighted by Crippen LogP contribution is -2.53. The van der Waals surface area contributed by atoms with Gasteiger partial charge in [0, 0.05) is 24.5 Å². The maximum Gasteiger partial charge on any atom is 0.297 e. The van der Waals surface area contributed by atoms with Gasteiger partial charge in [-0.25, -0.2) is 4.98 Å². The zero-order valence-corrected chi connectivity index (χ0v) is 17.3. The Labute approximate surface area is 182 Å². The first-order valence-electron chi connectivity index (χ1n) is 10.2. The van der Waals surface area contributed by atoms with Gasteiger partial charge in [-0.1, -0.05) is 30.3 Å². The van der Waals surface area contributed by atoms with E-state index in [0.29, 0.717) is 22.2 Å². The van der Waals surface area contributed by atoms with E-state index in [1.165, 1.54) is 9.80 Å². The van der Waals surface area contributed by atoms with Gasteiger partial charge in [0.05, 0.1) is 10.9 Å². The van der Waals surface area contributed by atoms with Gasteiger partial charge in [0.1, 0.15) is 11.4 Å². The quantitative estimate of drug-likeness (QED) is 0.469. The molecule has 156 valence electrons. The Morgan fingerprint density at radius 1 is 0.969 bits per heavy atom. The number of anilines is 2. The van der Waals surface area contributed by atoms with Gasteiger partial charge in [0.15, 0.2) is 11.0 Å². The number of amides is 2. The molecule has 32 heavy (non-hydrogen) atoms. The summed E-state index contributed by atoms with van der Waals surface area (Å²) in [6.07, 6.45) is 1.58. The number of nitrogens with zero attached hydrogens (tertiary/aromatic N) is 3. The maximum absolute atomic E-state index is 14.0. The predicted octanol–water partition coefficient (Wildman–Crippen LogP) is 3.38. The summed E-state index contributed by atoms with van der Waals surface area (Å²) in [6, 6.07) is 17.5. The molecule has 1 atom stereocenters. The number of carbonyl (C=O) groups is 2. The smallest absolute Gasteiger partial charge is 0.297 e. The number of rotatable bonds is 1. The van der Waals surface area contributed by atoms with Crippen LogP contribution < -0.4 is 15.2 Å². The normalized spacial score (nSPS) is 19.2. The predicted molar refractivity (Wildman–Crippen MR) is 119 cm³/mol. The zero-order chi connectivity index (χ0) is 22.2. The number of hydrogen-bond acceptors (Lipinski definition) is 5. The van der Waals surface area contributed by atoms with E-state index in [2.05, 4.69) is 4.98 Å². The van der Waals surface area contributed by atoms with Crippen molar-refractivity contribution >= 4 is 34.3 Å². The Kier molecular flexibility index (Phi) is 3.55. The van der Waals surface area contributed by atoms with Gasteiger partial charge >= 0.3 is 0 Å². The van der Waals surface area contributed by atoms with Crippen molar-refractivity contribution in [3.05, 3.63) is 99.5 Å². The highest BCUT2D eigenvalue weighted by molar-refractivity contribution is 6.23. The number of fused-ring (bicyclic) bond motifs is 5. The minimum atomic E-state index is -1.69. The van der Waals surface area contributed by atoms with E-state index >= 15 is 0 Å². The average Bonchev–Trinajstić information content (AvgIpc) is 3.19. The molecule has 0 aliphatic carbocycles. The van der Waals surface area contributed by atoms with Crippen molar-refractivity contribution in [2.45, 2.75) is 12.5 Å². The summed E-state index contributed by atoms with van der Waals surface area (Å²) in [7, 11) is 1.64. The molecule has 0 radical (unpaired) electrons. The van der Waals surface area contributed by atoms with Crippen LogP contribution in [0.15, 0.2) is 76.1 Å². The highest BCUT2D eigenvalue weighted by atomic mass is 16.3. The molecular formula is C25H17N3O4. The molecule has 1 spiro atoms. The Morgan fingerprint density at radius 3 is 2.53 bits per heavy atom. The fourth-order valence-corrected chi connectivity index (χ4v) is 4.90. The largest absolute Gasteiger partial charge is 0.450 e. The first-order valence-corrected chi connectivity index (χ1v) is 10.2. The molecule has 4 heterocycles. The van der Waals surface area contributed by atoms with E-state index in [4.69, 9.17) is 4.42 Å². The van der Waals surface area contributed by atoms with E-state index in [1.807, 2.05) is 13.0 Å². The van der Waals surface area contributed by atoms with Gasteiger partial charge < -0.3 is 9.32 Å². The van der Waals surface area contributed by atoms with Crippen molar-refractivity contribution < 1.29 is 14.0 Å². The van der Waals surface area contributed by atoms with E-state index in [-0.39, 0.29) is 17.1 Å².